The summed E-state index contributed by atoms with van der Waals surface area (Å²) in [4.78, 5) is 27.4. The lowest BCUT2D eigenvalue weighted by Crippen LogP contribution is -2.49. The van der Waals surface area contributed by atoms with Crippen molar-refractivity contribution in [1.29, 1.82) is 0 Å². The molecular formula is C18H22N6O3. The number of hydrogen-bond acceptors (Lipinski definition) is 6. The summed E-state index contributed by atoms with van der Waals surface area (Å²) in [5.41, 5.74) is 1.10. The normalized spacial score (nSPS) is 20.7. The summed E-state index contributed by atoms with van der Waals surface area (Å²) in [5, 5.41) is 18.5. The van der Waals surface area contributed by atoms with Crippen LogP contribution >= 0.6 is 0 Å². The number of amides is 1. The van der Waals surface area contributed by atoms with Gasteiger partial charge in [-0.15, -0.1) is 0 Å². The highest BCUT2D eigenvalue weighted by Crippen LogP contribution is 2.19. The van der Waals surface area contributed by atoms with Crippen LogP contribution in [0.1, 0.15) is 16.9 Å². The Morgan fingerprint density at radius 3 is 2.59 bits per heavy atom. The van der Waals surface area contributed by atoms with Crippen molar-refractivity contribution >= 4 is 11.6 Å². The van der Waals surface area contributed by atoms with Gasteiger partial charge in [-0.3, -0.25) is 19.8 Å². The van der Waals surface area contributed by atoms with E-state index >= 15 is 0 Å². The summed E-state index contributed by atoms with van der Waals surface area (Å²) >= 11 is 0. The largest absolute Gasteiger partial charge is 0.336 e. The minimum absolute atomic E-state index is 0.0261. The molecule has 2 saturated heterocycles. The Morgan fingerprint density at radius 2 is 1.89 bits per heavy atom. The lowest BCUT2D eigenvalue weighted by Gasteiger charge is -2.32. The SMILES string of the molecule is O=C(c1ccn(-c2ccc([N+](=O)[O-])cc2)n1)N1CCC(N2CCNCC2)C1. The average Bonchev–Trinajstić information content (AvgIpc) is 3.38. The summed E-state index contributed by atoms with van der Waals surface area (Å²) in [6, 6.07) is 8.22. The predicted octanol–water partition coefficient (Wildman–Crippen LogP) is 0.900. The molecule has 2 aliphatic heterocycles. The molecule has 0 aliphatic carbocycles. The Balaban J connectivity index is 1.42. The highest BCUT2D eigenvalue weighted by atomic mass is 16.6. The van der Waals surface area contributed by atoms with Crippen LogP contribution < -0.4 is 5.32 Å². The van der Waals surface area contributed by atoms with Crippen LogP contribution in [-0.2, 0) is 0 Å². The number of aromatic nitrogens is 2. The van der Waals surface area contributed by atoms with Crippen LogP contribution in [-0.4, -0.2) is 75.7 Å². The molecule has 2 aromatic rings. The van der Waals surface area contributed by atoms with E-state index in [2.05, 4.69) is 15.3 Å². The number of carbonyl (C=O) groups is 1. The Kier molecular flexibility index (Phi) is 4.87. The number of rotatable bonds is 4. The summed E-state index contributed by atoms with van der Waals surface area (Å²) < 4.78 is 1.57. The molecule has 9 nitrogen and oxygen atoms in total. The minimum Gasteiger partial charge on any atom is -0.336 e. The van der Waals surface area contributed by atoms with Gasteiger partial charge in [0, 0.05) is 63.6 Å². The Hall–Kier alpha value is -2.78. The number of likely N-dealkylation sites (tertiary alicyclic amines) is 1. The van der Waals surface area contributed by atoms with E-state index in [-0.39, 0.29) is 11.6 Å². The van der Waals surface area contributed by atoms with E-state index in [0.717, 1.165) is 45.7 Å². The molecule has 0 saturated carbocycles. The summed E-state index contributed by atoms with van der Waals surface area (Å²) in [6.45, 7) is 5.55. The molecule has 0 bridgehead atoms. The number of nitrogens with zero attached hydrogens (tertiary/aromatic N) is 5. The van der Waals surface area contributed by atoms with Crippen LogP contribution in [0.2, 0.25) is 0 Å². The van der Waals surface area contributed by atoms with Gasteiger partial charge in [0.2, 0.25) is 0 Å². The van der Waals surface area contributed by atoms with Crippen molar-refractivity contribution in [1.82, 2.24) is 24.9 Å². The maximum absolute atomic E-state index is 12.8. The zero-order chi connectivity index (χ0) is 18.8. The standard InChI is InChI=1S/C18H22N6O3/c25-18(22-9-5-16(13-22)21-11-7-19-8-12-21)17-6-10-23(20-17)14-1-3-15(4-2-14)24(26)27/h1-4,6,10,16,19H,5,7-9,11-13H2. The van der Waals surface area contributed by atoms with Gasteiger partial charge in [0.05, 0.1) is 10.6 Å². The van der Waals surface area contributed by atoms with Crippen molar-refractivity contribution in [3.05, 3.63) is 52.3 Å². The van der Waals surface area contributed by atoms with Gasteiger partial charge in [0.15, 0.2) is 5.69 Å². The summed E-state index contributed by atoms with van der Waals surface area (Å²) in [7, 11) is 0. The number of piperazine rings is 1. The molecule has 4 rings (SSSR count). The van der Waals surface area contributed by atoms with E-state index in [4.69, 9.17) is 0 Å². The molecule has 1 atom stereocenters. The maximum atomic E-state index is 12.8. The third kappa shape index (κ3) is 3.69. The van der Waals surface area contributed by atoms with Crippen LogP contribution in [0.3, 0.4) is 0 Å². The first-order valence-corrected chi connectivity index (χ1v) is 9.16. The van der Waals surface area contributed by atoms with Gasteiger partial charge in [0.1, 0.15) is 0 Å². The molecule has 1 unspecified atom stereocenters. The molecular weight excluding hydrogens is 348 g/mol. The summed E-state index contributed by atoms with van der Waals surface area (Å²) in [6.07, 6.45) is 2.70. The zero-order valence-electron chi connectivity index (χ0n) is 15.0. The second kappa shape index (κ2) is 7.45. The first kappa shape index (κ1) is 17.6. The quantitative estimate of drug-likeness (QED) is 0.635. The number of non-ortho nitro benzene ring substituents is 1. The van der Waals surface area contributed by atoms with Crippen molar-refractivity contribution < 1.29 is 9.72 Å². The molecule has 1 aromatic carbocycles. The molecule has 1 N–H and O–H groups in total. The minimum atomic E-state index is -0.440. The molecule has 3 heterocycles. The third-order valence-electron chi connectivity index (χ3n) is 5.25. The molecule has 142 valence electrons. The maximum Gasteiger partial charge on any atom is 0.274 e. The third-order valence-corrected chi connectivity index (χ3v) is 5.25. The van der Waals surface area contributed by atoms with Crippen molar-refractivity contribution in [3.63, 3.8) is 0 Å². The van der Waals surface area contributed by atoms with Crippen LogP contribution in [0.25, 0.3) is 5.69 Å². The van der Waals surface area contributed by atoms with Gasteiger partial charge in [0.25, 0.3) is 11.6 Å². The second-order valence-corrected chi connectivity index (χ2v) is 6.90. The zero-order valence-corrected chi connectivity index (χ0v) is 15.0. The van der Waals surface area contributed by atoms with Gasteiger partial charge in [-0.1, -0.05) is 0 Å². The first-order valence-electron chi connectivity index (χ1n) is 9.16. The fraction of sp³-hybridized carbons (Fsp3) is 0.444. The Morgan fingerprint density at radius 1 is 1.15 bits per heavy atom. The Bertz CT molecular complexity index is 828. The fourth-order valence-electron chi connectivity index (χ4n) is 3.74. The average molecular weight is 370 g/mol. The van der Waals surface area contributed by atoms with Gasteiger partial charge < -0.3 is 10.2 Å². The highest BCUT2D eigenvalue weighted by molar-refractivity contribution is 5.92. The lowest BCUT2D eigenvalue weighted by atomic mass is 10.2. The van der Waals surface area contributed by atoms with Gasteiger partial charge >= 0.3 is 0 Å². The predicted molar refractivity (Wildman–Crippen MR) is 99.0 cm³/mol. The van der Waals surface area contributed by atoms with Crippen molar-refractivity contribution in [2.45, 2.75) is 12.5 Å². The molecule has 0 spiro atoms. The van der Waals surface area contributed by atoms with Crippen molar-refractivity contribution in [3.8, 4) is 5.69 Å². The van der Waals surface area contributed by atoms with Crippen LogP contribution in [0.5, 0.6) is 0 Å². The lowest BCUT2D eigenvalue weighted by molar-refractivity contribution is -0.384. The van der Waals surface area contributed by atoms with Gasteiger partial charge in [-0.25, -0.2) is 4.68 Å². The number of hydrogen-bond donors (Lipinski definition) is 1. The molecule has 1 aromatic heterocycles. The number of benzene rings is 1. The topological polar surface area (TPSA) is 96.5 Å². The molecule has 27 heavy (non-hydrogen) atoms. The number of nitro benzene ring substituents is 1. The smallest absolute Gasteiger partial charge is 0.274 e. The first-order chi connectivity index (χ1) is 13.1. The van der Waals surface area contributed by atoms with Crippen molar-refractivity contribution in [2.24, 2.45) is 0 Å². The van der Waals surface area contributed by atoms with Crippen LogP contribution in [0.15, 0.2) is 36.5 Å². The van der Waals surface area contributed by atoms with Crippen LogP contribution in [0.4, 0.5) is 5.69 Å². The monoisotopic (exact) mass is 370 g/mol. The molecule has 1 amide bonds. The number of nitro groups is 1. The molecule has 9 heteroatoms. The number of carbonyl (C=O) groups excluding carboxylic acids is 1. The second-order valence-electron chi connectivity index (χ2n) is 6.90. The van der Waals surface area contributed by atoms with Crippen molar-refractivity contribution in [2.75, 3.05) is 39.3 Å². The van der Waals surface area contributed by atoms with E-state index in [9.17, 15) is 14.9 Å². The van der Waals surface area contributed by atoms with E-state index in [1.54, 1.807) is 29.1 Å². The fourth-order valence-corrected chi connectivity index (χ4v) is 3.74. The molecule has 0 radical (unpaired) electrons. The van der Waals surface area contributed by atoms with Gasteiger partial charge in [-0.05, 0) is 24.6 Å². The summed E-state index contributed by atoms with van der Waals surface area (Å²) in [5.74, 6) is -0.0618. The molecule has 2 aliphatic rings. The van der Waals surface area contributed by atoms with Gasteiger partial charge in [-0.2, -0.15) is 5.10 Å². The van der Waals surface area contributed by atoms with E-state index in [0.29, 0.717) is 17.4 Å². The highest BCUT2D eigenvalue weighted by Gasteiger charge is 2.32. The van der Waals surface area contributed by atoms with Crippen LogP contribution in [0, 0.1) is 10.1 Å². The van der Waals surface area contributed by atoms with E-state index in [1.165, 1.54) is 12.1 Å². The number of nitrogens with one attached hydrogen (secondary N) is 1. The Labute approximate surface area is 156 Å². The van der Waals surface area contributed by atoms with E-state index in [1.807, 2.05) is 4.90 Å². The van der Waals surface area contributed by atoms with E-state index < -0.39 is 4.92 Å². The molecule has 2 fully saturated rings.